The Bertz CT molecular complexity index is 4170. The molecule has 0 aliphatic carbocycles. The summed E-state index contributed by atoms with van der Waals surface area (Å²) in [5, 5.41) is 40.5. The number of aryl methyl sites for hydroxylation is 1. The standard InChI is InChI=1S/C60H57N13O12S6/c1-28-44(76)22-73-48(28)58-71-42(27-90-58)56-67-38(23-88-56)47-33(13-14-35(64-47)55-68-39(24-89-55)50(62)78)53-69-40(25-86-53)51(79)65-36(21-45(61)77)57-72-46(29(2)91-57)43(75)20-34(49(31-7-5-4-6-8-31)85-60(82)63-15-16-84-18-17-83-3)54-70-41(26-87-54)52(80)66-37(59(73)81)19-30-9-11-32(74)12-10-30/h4-14,23-28,34,36-37,44,48-49,74,76H,15-22H2,1-3H3,(H2,61,77)(H2,62,78)(H,63,82)(H,65,79)(H,66,80)/t28-,34-,36-,37-,44-,48-,49+/m0/s1. The van der Waals surface area contributed by atoms with Crippen LogP contribution in [0.5, 0.6) is 5.75 Å². The molecule has 2 aliphatic heterocycles. The molecular weight excluding hydrogens is 1290 g/mol. The number of nitrogens with two attached hydrogens (primary N) is 2. The predicted molar refractivity (Wildman–Crippen MR) is 341 cm³/mol. The van der Waals surface area contributed by atoms with Crippen molar-refractivity contribution in [3.05, 3.63) is 147 Å². The van der Waals surface area contributed by atoms with E-state index >= 15 is 9.59 Å². The number of aromatic hydroxyl groups is 1. The molecule has 1 fully saturated rings. The molecule has 0 unspecified atom stereocenters. The minimum absolute atomic E-state index is 0.0145. The van der Waals surface area contributed by atoms with Gasteiger partial charge in [-0.1, -0.05) is 49.4 Å². The molecule has 9 heterocycles. The number of methoxy groups -OCH3 is 1. The number of primary amides is 2. The number of thiazole rings is 6. The predicted octanol–water partition coefficient (Wildman–Crippen LogP) is 7.67. The van der Waals surface area contributed by atoms with Crippen molar-refractivity contribution in [2.75, 3.05) is 40.0 Å². The molecule has 1 saturated heterocycles. The van der Waals surface area contributed by atoms with E-state index in [-0.39, 0.29) is 71.3 Å². The number of phenols is 1. The first-order valence-corrected chi connectivity index (χ1v) is 33.4. The Morgan fingerprint density at radius 1 is 0.714 bits per heavy atom. The van der Waals surface area contributed by atoms with Gasteiger partial charge in [-0.3, -0.25) is 28.8 Å². The average Bonchev–Trinajstić information content (AvgIpc) is 1.75. The van der Waals surface area contributed by atoms with Gasteiger partial charge in [-0.05, 0) is 42.3 Å². The molecule has 0 saturated carbocycles. The molecule has 0 spiro atoms. The third kappa shape index (κ3) is 14.6. The van der Waals surface area contributed by atoms with Crippen LogP contribution in [0.25, 0.3) is 43.4 Å². The number of carbonyl (C=O) groups is 7. The van der Waals surface area contributed by atoms with Gasteiger partial charge in [-0.15, -0.1) is 68.0 Å². The number of ketones is 1. The highest BCUT2D eigenvalue weighted by Gasteiger charge is 2.46. The molecular formula is C60H57N13O12S6. The molecule has 10 bridgehead atoms. The van der Waals surface area contributed by atoms with Crippen LogP contribution in [0.15, 0.2) is 93.6 Å². The largest absolute Gasteiger partial charge is 0.508 e. The summed E-state index contributed by atoms with van der Waals surface area (Å²) in [6.07, 6.45) is -3.94. The van der Waals surface area contributed by atoms with Crippen LogP contribution < -0.4 is 27.4 Å². The van der Waals surface area contributed by atoms with E-state index in [0.29, 0.717) is 71.0 Å². The van der Waals surface area contributed by atoms with Crippen LogP contribution in [0.4, 0.5) is 4.79 Å². The maximum Gasteiger partial charge on any atom is 0.407 e. The van der Waals surface area contributed by atoms with Crippen LogP contribution in [0.3, 0.4) is 0 Å². The Hall–Kier alpha value is -8.66. The van der Waals surface area contributed by atoms with Crippen LogP contribution in [0.1, 0.15) is 117 Å². The first-order chi connectivity index (χ1) is 43.9. The first kappa shape index (κ1) is 63.9. The molecule has 2 aromatic carbocycles. The molecule has 6 amide bonds. The summed E-state index contributed by atoms with van der Waals surface area (Å²) in [6, 6.07) is 15.1. The van der Waals surface area contributed by atoms with Gasteiger partial charge in [0.1, 0.15) is 87.8 Å². The Balaban J connectivity index is 1.01. The lowest BCUT2D eigenvalue weighted by molar-refractivity contribution is -0.134. The number of carbonyl (C=O) groups excluding carboxylic acids is 7. The van der Waals surface area contributed by atoms with E-state index in [0.717, 1.165) is 45.3 Å². The number of fused-ring (bicyclic) bond motifs is 16. The number of pyridine rings is 1. The highest BCUT2D eigenvalue weighted by atomic mass is 32.1. The number of phenolic OH excluding ortho intramolecular Hbond substituents is 1. The first-order valence-electron chi connectivity index (χ1n) is 28.2. The third-order valence-electron chi connectivity index (χ3n) is 14.9. The number of ether oxygens (including phenoxy) is 3. The zero-order chi connectivity index (χ0) is 64.0. The number of hydrogen-bond donors (Lipinski definition) is 7. The number of rotatable bonds is 15. The second kappa shape index (κ2) is 28.2. The van der Waals surface area contributed by atoms with Crippen LogP contribution in [0, 0.1) is 12.8 Å². The van der Waals surface area contributed by atoms with E-state index in [1.165, 1.54) is 63.0 Å². The van der Waals surface area contributed by atoms with Crippen molar-refractivity contribution in [1.29, 1.82) is 0 Å². The minimum atomic E-state index is -1.28. The number of benzene rings is 2. The normalized spacial score (nSPS) is 19.1. The Labute approximate surface area is 543 Å². The summed E-state index contributed by atoms with van der Waals surface area (Å²) < 4.78 is 16.8. The van der Waals surface area contributed by atoms with Gasteiger partial charge in [0.2, 0.25) is 11.8 Å². The summed E-state index contributed by atoms with van der Waals surface area (Å²) in [5.41, 5.74) is 14.4. The SMILES string of the molecule is COCCOCCNC(=O)O[C@H](c1ccccc1)[C@@H]1CC(=O)c2nc(sc2C)[C@H](CC(N)=O)NC(=O)c2csc(n2)-c2ccc(-c3nc(C(N)=O)cs3)nc2-c2csc(n2)-c2csc(n2)[C@@H]2[C@@H](C)[C@@H](O)CN2C(=O)[C@H](Cc2ccc(O)cc2)NC(=O)c2csc1n2. The minimum Gasteiger partial charge on any atom is -0.508 e. The zero-order valence-corrected chi connectivity index (χ0v) is 53.5. The number of alkyl carbamates (subject to hydrolysis) is 1. The topological polar surface area (TPSA) is 369 Å². The van der Waals surface area contributed by atoms with Crippen molar-refractivity contribution >= 4 is 109 Å². The van der Waals surface area contributed by atoms with Crippen LogP contribution >= 0.6 is 68.0 Å². The lowest BCUT2D eigenvalue weighted by Crippen LogP contribution is -2.50. The summed E-state index contributed by atoms with van der Waals surface area (Å²) >= 11 is 6.91. The number of Topliss-reactive ketones (excluding diaryl/α,β-unsaturated/α-hetero) is 1. The van der Waals surface area contributed by atoms with E-state index < -0.39 is 96.4 Å². The van der Waals surface area contributed by atoms with E-state index in [1.54, 1.807) is 72.3 Å². The molecule has 9 N–H and O–H groups in total. The van der Waals surface area contributed by atoms with Gasteiger partial charge in [0.25, 0.3) is 17.7 Å². The second-order valence-electron chi connectivity index (χ2n) is 21.1. The number of hydrogen-bond acceptors (Lipinski definition) is 25. The fourth-order valence-corrected chi connectivity index (χ4v) is 15.7. The van der Waals surface area contributed by atoms with Gasteiger partial charge in [0.15, 0.2) is 5.78 Å². The number of aromatic nitrogens is 7. The zero-order valence-electron chi connectivity index (χ0n) is 48.6. The van der Waals surface area contributed by atoms with Crippen LogP contribution in [-0.2, 0) is 30.2 Å². The lowest BCUT2D eigenvalue weighted by atomic mass is 9.90. The highest BCUT2D eigenvalue weighted by molar-refractivity contribution is 7.15. The molecule has 0 radical (unpaired) electrons. The Kier molecular flexibility index (Phi) is 19.8. The molecule has 11 rings (SSSR count). The molecule has 470 valence electrons. The van der Waals surface area contributed by atoms with Crippen molar-refractivity contribution in [1.82, 2.24) is 55.7 Å². The Morgan fingerprint density at radius 2 is 1.38 bits per heavy atom. The lowest BCUT2D eigenvalue weighted by Gasteiger charge is -2.29. The summed E-state index contributed by atoms with van der Waals surface area (Å²) in [6.45, 7) is 4.18. The number of aliphatic hydroxyl groups excluding tert-OH is 1. The van der Waals surface area contributed by atoms with Gasteiger partial charge < -0.3 is 56.7 Å². The van der Waals surface area contributed by atoms with E-state index in [9.17, 15) is 34.2 Å². The Morgan fingerprint density at radius 3 is 2.13 bits per heavy atom. The van der Waals surface area contributed by atoms with Gasteiger partial charge in [-0.2, -0.15) is 0 Å². The van der Waals surface area contributed by atoms with Crippen LogP contribution in [0.2, 0.25) is 0 Å². The van der Waals surface area contributed by atoms with Crippen molar-refractivity contribution in [3.63, 3.8) is 0 Å². The number of aliphatic hydroxyl groups is 1. The molecule has 31 heteroatoms. The van der Waals surface area contributed by atoms with Crippen molar-refractivity contribution in [2.24, 2.45) is 17.4 Å². The number of nitrogens with zero attached hydrogens (tertiary/aromatic N) is 8. The van der Waals surface area contributed by atoms with E-state index in [2.05, 4.69) is 20.9 Å². The summed E-state index contributed by atoms with van der Waals surface area (Å²) in [5.74, 6) is -5.68. The molecule has 7 atom stereocenters. The maximum atomic E-state index is 15.3. The van der Waals surface area contributed by atoms with Gasteiger partial charge in [0.05, 0.1) is 56.0 Å². The van der Waals surface area contributed by atoms with Crippen molar-refractivity contribution in [2.45, 2.75) is 69.4 Å². The van der Waals surface area contributed by atoms with E-state index in [1.807, 2.05) is 6.92 Å². The maximum absolute atomic E-state index is 15.3. The molecule has 2 aliphatic rings. The average molecular weight is 1340 g/mol. The fourth-order valence-electron chi connectivity index (χ4n) is 10.3. The van der Waals surface area contributed by atoms with Gasteiger partial charge >= 0.3 is 6.09 Å². The molecule has 9 aromatic rings. The van der Waals surface area contributed by atoms with Crippen molar-refractivity contribution in [3.8, 4) is 49.1 Å². The third-order valence-corrected chi connectivity index (χ3v) is 20.5. The van der Waals surface area contributed by atoms with Crippen LogP contribution in [-0.4, -0.2) is 144 Å². The number of amides is 6. The molecule has 25 nitrogen and oxygen atoms in total. The monoisotopic (exact) mass is 1340 g/mol. The summed E-state index contributed by atoms with van der Waals surface area (Å²) in [7, 11) is 1.54. The summed E-state index contributed by atoms with van der Waals surface area (Å²) in [4.78, 5) is 134. The smallest absolute Gasteiger partial charge is 0.407 e. The quantitative estimate of drug-likeness (QED) is 0.0484. The second-order valence-corrected chi connectivity index (χ2v) is 26.7. The molecule has 7 aromatic heterocycles. The molecule has 91 heavy (non-hydrogen) atoms. The van der Waals surface area contributed by atoms with E-state index in [4.69, 9.17) is 55.6 Å². The fraction of sp³-hybridized carbons (Fsp3) is 0.300. The van der Waals surface area contributed by atoms with Gasteiger partial charge in [0, 0.05) is 76.3 Å². The van der Waals surface area contributed by atoms with Gasteiger partial charge in [-0.25, -0.2) is 39.7 Å². The van der Waals surface area contributed by atoms with Crippen molar-refractivity contribution < 1.29 is 58.0 Å². The number of nitrogens with one attached hydrogen (secondary N) is 3. The highest BCUT2D eigenvalue weighted by Crippen LogP contribution is 2.44.